The van der Waals surface area contributed by atoms with Crippen molar-refractivity contribution >= 4 is 40.7 Å². The van der Waals surface area contributed by atoms with Gasteiger partial charge < -0.3 is 15.0 Å². The van der Waals surface area contributed by atoms with Gasteiger partial charge in [0.05, 0.1) is 28.0 Å². The predicted octanol–water partition coefficient (Wildman–Crippen LogP) is 4.24. The summed E-state index contributed by atoms with van der Waals surface area (Å²) in [5, 5.41) is 23.0. The molecule has 1 fully saturated rings. The van der Waals surface area contributed by atoms with Crippen LogP contribution in [0.3, 0.4) is 0 Å². The SMILES string of the molecule is CC1CCCN(c2ccc(C(=O)OCC(=O)Nc3ccccc3SCC#N)cc2[N+](=O)[O-])C1. The van der Waals surface area contributed by atoms with Crippen LogP contribution in [0.15, 0.2) is 47.4 Å². The Morgan fingerprint density at radius 1 is 1.33 bits per heavy atom. The highest BCUT2D eigenvalue weighted by molar-refractivity contribution is 7.99. The molecule has 9 nitrogen and oxygen atoms in total. The molecule has 1 heterocycles. The predicted molar refractivity (Wildman–Crippen MR) is 125 cm³/mol. The Morgan fingerprint density at radius 3 is 2.85 bits per heavy atom. The van der Waals surface area contributed by atoms with Crippen molar-refractivity contribution in [2.24, 2.45) is 5.92 Å². The molecular weight excluding hydrogens is 444 g/mol. The highest BCUT2D eigenvalue weighted by atomic mass is 32.2. The molecule has 1 unspecified atom stereocenters. The number of anilines is 2. The van der Waals surface area contributed by atoms with Crippen LogP contribution in [-0.4, -0.2) is 42.2 Å². The summed E-state index contributed by atoms with van der Waals surface area (Å²) in [4.78, 5) is 38.5. The molecule has 33 heavy (non-hydrogen) atoms. The number of carbonyl (C=O) groups excluding carboxylic acids is 2. The Morgan fingerprint density at radius 2 is 2.12 bits per heavy atom. The number of nitrogens with zero attached hydrogens (tertiary/aromatic N) is 3. The van der Waals surface area contributed by atoms with E-state index in [4.69, 9.17) is 10.00 Å². The van der Waals surface area contributed by atoms with Crippen molar-refractivity contribution in [3.8, 4) is 6.07 Å². The van der Waals surface area contributed by atoms with Crippen LogP contribution in [-0.2, 0) is 9.53 Å². The van der Waals surface area contributed by atoms with Gasteiger partial charge in [0.25, 0.3) is 11.6 Å². The Balaban J connectivity index is 1.64. The maximum Gasteiger partial charge on any atom is 0.338 e. The van der Waals surface area contributed by atoms with E-state index in [9.17, 15) is 19.7 Å². The number of amides is 1. The van der Waals surface area contributed by atoms with Crippen LogP contribution >= 0.6 is 11.8 Å². The Bertz CT molecular complexity index is 1080. The number of rotatable bonds is 8. The standard InChI is InChI=1S/C23H24N4O5S/c1-16-5-4-11-26(14-16)19-9-8-17(13-20(19)27(30)31)23(29)32-15-22(28)25-18-6-2-3-7-21(18)33-12-10-24/h2-3,6-9,13,16H,4-5,11-12,14-15H2,1H3,(H,25,28). The summed E-state index contributed by atoms with van der Waals surface area (Å²) in [6.45, 7) is 3.01. The van der Waals surface area contributed by atoms with Gasteiger partial charge in [0, 0.05) is 24.1 Å². The van der Waals surface area contributed by atoms with Gasteiger partial charge in [0.15, 0.2) is 6.61 Å². The topological polar surface area (TPSA) is 126 Å². The third-order valence-corrected chi connectivity index (χ3v) is 6.13. The lowest BCUT2D eigenvalue weighted by Gasteiger charge is -2.32. The van der Waals surface area contributed by atoms with Gasteiger partial charge in [-0.1, -0.05) is 19.1 Å². The molecule has 172 valence electrons. The molecule has 1 aliphatic heterocycles. The Labute approximate surface area is 195 Å². The summed E-state index contributed by atoms with van der Waals surface area (Å²) >= 11 is 1.28. The van der Waals surface area contributed by atoms with Gasteiger partial charge >= 0.3 is 5.97 Å². The second-order valence-corrected chi connectivity index (χ2v) is 8.74. The van der Waals surface area contributed by atoms with E-state index in [1.807, 2.05) is 11.0 Å². The average Bonchev–Trinajstić information content (AvgIpc) is 2.81. The van der Waals surface area contributed by atoms with Crippen molar-refractivity contribution < 1.29 is 19.2 Å². The minimum Gasteiger partial charge on any atom is -0.452 e. The molecule has 2 aromatic rings. The number of nitrogens with one attached hydrogen (secondary N) is 1. The number of hydrogen-bond acceptors (Lipinski definition) is 8. The molecule has 0 saturated carbocycles. The largest absolute Gasteiger partial charge is 0.452 e. The zero-order valence-electron chi connectivity index (χ0n) is 18.2. The molecule has 0 aliphatic carbocycles. The number of benzene rings is 2. The van der Waals surface area contributed by atoms with Crippen molar-refractivity contribution in [3.63, 3.8) is 0 Å². The number of nitro groups is 1. The van der Waals surface area contributed by atoms with Gasteiger partial charge in [0.1, 0.15) is 5.69 Å². The minimum atomic E-state index is -0.820. The third-order valence-electron chi connectivity index (χ3n) is 5.19. The second kappa shape index (κ2) is 11.3. The number of ether oxygens (including phenoxy) is 1. The molecule has 1 saturated heterocycles. The molecule has 1 N–H and O–H groups in total. The third kappa shape index (κ3) is 6.46. The fourth-order valence-electron chi connectivity index (χ4n) is 3.68. The van der Waals surface area contributed by atoms with Crippen LogP contribution in [0.2, 0.25) is 0 Å². The monoisotopic (exact) mass is 468 g/mol. The summed E-state index contributed by atoms with van der Waals surface area (Å²) in [6.07, 6.45) is 2.04. The van der Waals surface area contributed by atoms with Crippen LogP contribution in [0.1, 0.15) is 30.1 Å². The maximum absolute atomic E-state index is 12.4. The molecule has 1 atom stereocenters. The van der Waals surface area contributed by atoms with Crippen molar-refractivity contribution in [1.29, 1.82) is 5.26 Å². The molecule has 1 amide bonds. The van der Waals surface area contributed by atoms with E-state index in [2.05, 4.69) is 12.2 Å². The van der Waals surface area contributed by atoms with E-state index >= 15 is 0 Å². The summed E-state index contributed by atoms with van der Waals surface area (Å²) in [5.41, 5.74) is 0.835. The first kappa shape index (κ1) is 24.1. The quantitative estimate of drug-likeness (QED) is 0.264. The van der Waals surface area contributed by atoms with Crippen molar-refractivity contribution in [2.45, 2.75) is 24.7 Å². The summed E-state index contributed by atoms with van der Waals surface area (Å²) in [5.74, 6) is -0.710. The van der Waals surface area contributed by atoms with Crippen LogP contribution in [0.5, 0.6) is 0 Å². The lowest BCUT2D eigenvalue weighted by molar-refractivity contribution is -0.384. The van der Waals surface area contributed by atoms with E-state index in [1.54, 1.807) is 30.3 Å². The molecule has 3 rings (SSSR count). The van der Waals surface area contributed by atoms with Crippen LogP contribution < -0.4 is 10.2 Å². The van der Waals surface area contributed by atoms with E-state index in [0.29, 0.717) is 17.3 Å². The number of esters is 1. The summed E-state index contributed by atoms with van der Waals surface area (Å²) < 4.78 is 5.07. The maximum atomic E-state index is 12.4. The van der Waals surface area contributed by atoms with Gasteiger partial charge in [-0.25, -0.2) is 4.79 Å². The smallest absolute Gasteiger partial charge is 0.338 e. The van der Waals surface area contributed by atoms with Crippen LogP contribution in [0.4, 0.5) is 17.1 Å². The highest BCUT2D eigenvalue weighted by Gasteiger charge is 2.25. The molecule has 2 aromatic carbocycles. The number of piperidine rings is 1. The van der Waals surface area contributed by atoms with E-state index in [-0.39, 0.29) is 17.0 Å². The van der Waals surface area contributed by atoms with Gasteiger partial charge in [-0.2, -0.15) is 5.26 Å². The first-order valence-corrected chi connectivity index (χ1v) is 11.5. The Kier molecular flexibility index (Phi) is 8.27. The fraction of sp³-hybridized carbons (Fsp3) is 0.348. The van der Waals surface area contributed by atoms with Crippen molar-refractivity contribution in [2.75, 3.05) is 35.7 Å². The molecule has 10 heteroatoms. The first-order valence-electron chi connectivity index (χ1n) is 10.5. The molecule has 0 spiro atoms. The lowest BCUT2D eigenvalue weighted by Crippen LogP contribution is -2.34. The number of nitro benzene ring substituents is 1. The molecule has 0 aromatic heterocycles. The number of hydrogen-bond donors (Lipinski definition) is 1. The van der Waals surface area contributed by atoms with Gasteiger partial charge in [-0.05, 0) is 43.0 Å². The molecular formula is C23H24N4O5S. The molecule has 1 aliphatic rings. The van der Waals surface area contributed by atoms with Gasteiger partial charge in [-0.15, -0.1) is 11.8 Å². The fourth-order valence-corrected chi connectivity index (χ4v) is 4.35. The van der Waals surface area contributed by atoms with E-state index in [0.717, 1.165) is 30.8 Å². The van der Waals surface area contributed by atoms with Crippen molar-refractivity contribution in [1.82, 2.24) is 0 Å². The first-order chi connectivity index (χ1) is 15.9. The minimum absolute atomic E-state index is 0.00767. The Hall–Kier alpha value is -3.58. The van der Waals surface area contributed by atoms with Crippen molar-refractivity contribution in [3.05, 3.63) is 58.1 Å². The number of para-hydroxylation sites is 1. The average molecular weight is 469 g/mol. The zero-order valence-corrected chi connectivity index (χ0v) is 19.0. The second-order valence-electron chi connectivity index (χ2n) is 7.72. The normalized spacial score (nSPS) is 15.4. The van der Waals surface area contributed by atoms with Gasteiger partial charge in [0.2, 0.25) is 0 Å². The number of thioether (sulfide) groups is 1. The van der Waals surface area contributed by atoms with E-state index in [1.165, 1.54) is 23.9 Å². The number of nitriles is 1. The van der Waals surface area contributed by atoms with Crippen LogP contribution in [0, 0.1) is 27.4 Å². The van der Waals surface area contributed by atoms with Gasteiger partial charge in [-0.3, -0.25) is 14.9 Å². The molecule has 0 bridgehead atoms. The summed E-state index contributed by atoms with van der Waals surface area (Å²) in [7, 11) is 0. The molecule has 0 radical (unpaired) electrons. The summed E-state index contributed by atoms with van der Waals surface area (Å²) in [6, 6.07) is 13.2. The zero-order chi connectivity index (χ0) is 23.8. The lowest BCUT2D eigenvalue weighted by atomic mass is 9.99. The highest BCUT2D eigenvalue weighted by Crippen LogP contribution is 2.32. The van der Waals surface area contributed by atoms with Crippen LogP contribution in [0.25, 0.3) is 0 Å². The number of carbonyl (C=O) groups is 2. The van der Waals surface area contributed by atoms with E-state index < -0.39 is 23.4 Å².